The lowest BCUT2D eigenvalue weighted by Crippen LogP contribution is -1.98. The van der Waals surface area contributed by atoms with Crippen molar-refractivity contribution in [3.63, 3.8) is 0 Å². The molecule has 3 rings (SSSR count). The largest absolute Gasteiger partial charge is 0.497 e. The quantitative estimate of drug-likeness (QED) is 0.788. The Labute approximate surface area is 116 Å². The summed E-state index contributed by atoms with van der Waals surface area (Å²) in [4.78, 5) is 4.25. The van der Waals surface area contributed by atoms with Gasteiger partial charge in [-0.2, -0.15) is 0 Å². The molecule has 0 spiro atoms. The van der Waals surface area contributed by atoms with Gasteiger partial charge in [0.15, 0.2) is 11.6 Å². The smallest absolute Gasteiger partial charge is 0.153 e. The second-order valence-electron chi connectivity index (χ2n) is 4.19. The molecule has 1 N–H and O–H groups in total. The van der Waals surface area contributed by atoms with E-state index >= 15 is 0 Å². The van der Waals surface area contributed by atoms with Crippen molar-refractivity contribution in [2.75, 3.05) is 12.4 Å². The van der Waals surface area contributed by atoms with E-state index in [0.717, 1.165) is 23.1 Å². The van der Waals surface area contributed by atoms with E-state index in [1.807, 2.05) is 54.7 Å². The highest BCUT2D eigenvalue weighted by Gasteiger charge is 2.02. The summed E-state index contributed by atoms with van der Waals surface area (Å²) in [5.41, 5.74) is 0.956. The predicted octanol–water partition coefficient (Wildman–Crippen LogP) is 3.02. The third-order valence-corrected chi connectivity index (χ3v) is 2.84. The number of hydrogen-bond acceptors (Lipinski definition) is 4. The number of benzene rings is 1. The molecule has 0 saturated carbocycles. The molecule has 2 heterocycles. The highest BCUT2D eigenvalue weighted by atomic mass is 16.5. The fourth-order valence-electron chi connectivity index (χ4n) is 1.83. The van der Waals surface area contributed by atoms with Crippen LogP contribution in [0.1, 0.15) is 0 Å². The standard InChI is InChI=1S/C15H14N4O/c1-20-13-7-5-12(6-8-13)17-14-9-11-19(18-14)15-4-2-3-10-16-15/h2-11H,1H3,(H,17,18). The monoisotopic (exact) mass is 266 g/mol. The molecule has 0 saturated heterocycles. The van der Waals surface area contributed by atoms with Crippen molar-refractivity contribution >= 4 is 11.5 Å². The predicted molar refractivity (Wildman–Crippen MR) is 77.6 cm³/mol. The van der Waals surface area contributed by atoms with Gasteiger partial charge in [-0.25, -0.2) is 9.67 Å². The number of methoxy groups -OCH3 is 1. The molecule has 2 aromatic heterocycles. The molecular weight excluding hydrogens is 252 g/mol. The van der Waals surface area contributed by atoms with Crippen LogP contribution in [0.15, 0.2) is 60.9 Å². The second kappa shape index (κ2) is 5.44. The SMILES string of the molecule is COc1ccc(Nc2ccn(-c3ccccn3)n2)cc1. The molecule has 100 valence electrons. The van der Waals surface area contributed by atoms with E-state index in [0.29, 0.717) is 0 Å². The van der Waals surface area contributed by atoms with Crippen molar-refractivity contribution in [2.45, 2.75) is 0 Å². The Hall–Kier alpha value is -2.82. The fraction of sp³-hybridized carbons (Fsp3) is 0.0667. The fourth-order valence-corrected chi connectivity index (χ4v) is 1.83. The van der Waals surface area contributed by atoms with E-state index in [-0.39, 0.29) is 0 Å². The highest BCUT2D eigenvalue weighted by Crippen LogP contribution is 2.19. The summed E-state index contributed by atoms with van der Waals surface area (Å²) < 4.78 is 6.85. The molecule has 0 bridgehead atoms. The van der Waals surface area contributed by atoms with E-state index in [2.05, 4.69) is 15.4 Å². The molecule has 0 amide bonds. The van der Waals surface area contributed by atoms with Gasteiger partial charge >= 0.3 is 0 Å². The number of anilines is 2. The van der Waals surface area contributed by atoms with Crippen LogP contribution in [0.25, 0.3) is 5.82 Å². The number of nitrogens with zero attached hydrogens (tertiary/aromatic N) is 3. The summed E-state index contributed by atoms with van der Waals surface area (Å²) in [5, 5.41) is 7.66. The van der Waals surface area contributed by atoms with Crippen molar-refractivity contribution in [1.82, 2.24) is 14.8 Å². The molecule has 3 aromatic rings. The van der Waals surface area contributed by atoms with Crippen LogP contribution in [0.4, 0.5) is 11.5 Å². The Kier molecular flexibility index (Phi) is 3.33. The minimum absolute atomic E-state index is 0.765. The van der Waals surface area contributed by atoms with Gasteiger partial charge in [-0.1, -0.05) is 6.07 Å². The summed E-state index contributed by atoms with van der Waals surface area (Å²) >= 11 is 0. The van der Waals surface area contributed by atoms with Gasteiger partial charge in [0.25, 0.3) is 0 Å². The third kappa shape index (κ3) is 2.61. The number of hydrogen-bond donors (Lipinski definition) is 1. The molecular formula is C15H14N4O. The molecule has 0 aliphatic heterocycles. The van der Waals surface area contributed by atoms with Crippen molar-refractivity contribution in [1.29, 1.82) is 0 Å². The first-order chi connectivity index (χ1) is 9.85. The van der Waals surface area contributed by atoms with E-state index in [4.69, 9.17) is 4.74 Å². The first-order valence-corrected chi connectivity index (χ1v) is 6.23. The van der Waals surface area contributed by atoms with Crippen LogP contribution in [0.5, 0.6) is 5.75 Å². The first-order valence-electron chi connectivity index (χ1n) is 6.23. The second-order valence-corrected chi connectivity index (χ2v) is 4.19. The summed E-state index contributed by atoms with van der Waals surface area (Å²) in [6.45, 7) is 0. The Bertz CT molecular complexity index is 677. The Morgan fingerprint density at radius 2 is 1.90 bits per heavy atom. The molecule has 1 aromatic carbocycles. The van der Waals surface area contributed by atoms with Gasteiger partial charge in [0.1, 0.15) is 5.75 Å². The lowest BCUT2D eigenvalue weighted by Gasteiger charge is -2.04. The molecule has 0 radical (unpaired) electrons. The van der Waals surface area contributed by atoms with E-state index in [1.54, 1.807) is 18.0 Å². The van der Waals surface area contributed by atoms with Gasteiger partial charge < -0.3 is 10.1 Å². The average Bonchev–Trinajstić information content (AvgIpc) is 2.97. The van der Waals surface area contributed by atoms with Crippen LogP contribution < -0.4 is 10.1 Å². The molecule has 20 heavy (non-hydrogen) atoms. The van der Waals surface area contributed by atoms with Gasteiger partial charge in [0, 0.05) is 24.1 Å². The summed E-state index contributed by atoms with van der Waals surface area (Å²) in [6.07, 6.45) is 3.61. The van der Waals surface area contributed by atoms with Crippen LogP contribution in [0.2, 0.25) is 0 Å². The maximum absolute atomic E-state index is 5.13. The lowest BCUT2D eigenvalue weighted by molar-refractivity contribution is 0.415. The topological polar surface area (TPSA) is 52.0 Å². The zero-order chi connectivity index (χ0) is 13.8. The maximum atomic E-state index is 5.13. The molecule has 5 heteroatoms. The number of aromatic nitrogens is 3. The molecule has 0 aliphatic rings. The van der Waals surface area contributed by atoms with E-state index in [9.17, 15) is 0 Å². The normalized spacial score (nSPS) is 10.2. The molecule has 5 nitrogen and oxygen atoms in total. The van der Waals surface area contributed by atoms with Gasteiger partial charge in [-0.05, 0) is 36.4 Å². The van der Waals surface area contributed by atoms with Crippen LogP contribution in [0, 0.1) is 0 Å². The van der Waals surface area contributed by atoms with Gasteiger partial charge in [-0.15, -0.1) is 5.10 Å². The number of ether oxygens (including phenoxy) is 1. The van der Waals surface area contributed by atoms with Crippen molar-refractivity contribution < 1.29 is 4.74 Å². The number of nitrogens with one attached hydrogen (secondary N) is 1. The number of rotatable bonds is 4. The molecule has 0 unspecified atom stereocenters. The molecule has 0 atom stereocenters. The minimum Gasteiger partial charge on any atom is -0.497 e. The molecule has 0 fully saturated rings. The zero-order valence-corrected chi connectivity index (χ0v) is 11.0. The maximum Gasteiger partial charge on any atom is 0.153 e. The van der Waals surface area contributed by atoms with Crippen LogP contribution in [0.3, 0.4) is 0 Å². The summed E-state index contributed by atoms with van der Waals surface area (Å²) in [6, 6.07) is 15.3. The minimum atomic E-state index is 0.765. The Morgan fingerprint density at radius 3 is 2.60 bits per heavy atom. The van der Waals surface area contributed by atoms with Crippen molar-refractivity contribution in [2.24, 2.45) is 0 Å². The zero-order valence-electron chi connectivity index (χ0n) is 11.0. The van der Waals surface area contributed by atoms with Gasteiger partial charge in [-0.3, -0.25) is 0 Å². The average molecular weight is 266 g/mol. The van der Waals surface area contributed by atoms with Crippen LogP contribution in [-0.2, 0) is 0 Å². The summed E-state index contributed by atoms with van der Waals surface area (Å²) in [7, 11) is 1.65. The van der Waals surface area contributed by atoms with Crippen LogP contribution in [-0.4, -0.2) is 21.9 Å². The number of pyridine rings is 1. The first kappa shape index (κ1) is 12.2. The van der Waals surface area contributed by atoms with Crippen LogP contribution >= 0.6 is 0 Å². The van der Waals surface area contributed by atoms with E-state index < -0.39 is 0 Å². The highest BCUT2D eigenvalue weighted by molar-refractivity contribution is 5.56. The lowest BCUT2D eigenvalue weighted by atomic mass is 10.3. The Morgan fingerprint density at radius 1 is 1.05 bits per heavy atom. The summed E-state index contributed by atoms with van der Waals surface area (Å²) in [5.74, 6) is 2.38. The van der Waals surface area contributed by atoms with Crippen molar-refractivity contribution in [3.05, 3.63) is 60.9 Å². The Balaban J connectivity index is 1.77. The van der Waals surface area contributed by atoms with Crippen molar-refractivity contribution in [3.8, 4) is 11.6 Å². The molecule has 0 aliphatic carbocycles. The van der Waals surface area contributed by atoms with Gasteiger partial charge in [0.05, 0.1) is 7.11 Å². The van der Waals surface area contributed by atoms with E-state index in [1.165, 1.54) is 0 Å². The van der Waals surface area contributed by atoms with Gasteiger partial charge in [0.2, 0.25) is 0 Å². The third-order valence-electron chi connectivity index (χ3n) is 2.84.